The molecule has 1 aliphatic heterocycles. The first kappa shape index (κ1) is 18.7. The summed E-state index contributed by atoms with van der Waals surface area (Å²) in [6.45, 7) is 5.07. The van der Waals surface area contributed by atoms with Crippen LogP contribution in [0.4, 0.5) is 10.3 Å². The Labute approximate surface area is 160 Å². The Morgan fingerprint density at radius 2 is 1.92 bits per heavy atom. The van der Waals surface area contributed by atoms with E-state index in [4.69, 9.17) is 0 Å². The van der Waals surface area contributed by atoms with Crippen molar-refractivity contribution in [1.29, 1.82) is 0 Å². The van der Waals surface area contributed by atoms with Crippen LogP contribution in [0.2, 0.25) is 0 Å². The van der Waals surface area contributed by atoms with E-state index in [1.807, 2.05) is 6.07 Å². The van der Waals surface area contributed by atoms with Gasteiger partial charge >= 0.3 is 0 Å². The molecular formula is C18H21BrFN5O. The lowest BCUT2D eigenvalue weighted by molar-refractivity contribution is 0.0947. The minimum atomic E-state index is -0.517. The largest absolute Gasteiger partial charge is 0.352 e. The zero-order valence-electron chi connectivity index (χ0n) is 14.4. The molecule has 26 heavy (non-hydrogen) atoms. The molecule has 0 spiro atoms. The fraction of sp³-hybridized carbons (Fsp3) is 0.389. The minimum Gasteiger partial charge on any atom is -0.352 e. The second kappa shape index (κ2) is 9.05. The second-order valence-electron chi connectivity index (χ2n) is 6.11. The van der Waals surface area contributed by atoms with Crippen molar-refractivity contribution in [1.82, 2.24) is 20.2 Å². The molecule has 2 aromatic rings. The zero-order chi connectivity index (χ0) is 18.4. The maximum absolute atomic E-state index is 13.8. The molecule has 0 unspecified atom stereocenters. The quantitative estimate of drug-likeness (QED) is 0.725. The van der Waals surface area contributed by atoms with Gasteiger partial charge in [-0.05, 0) is 37.2 Å². The molecular weight excluding hydrogens is 401 g/mol. The van der Waals surface area contributed by atoms with E-state index in [1.165, 1.54) is 12.1 Å². The van der Waals surface area contributed by atoms with Gasteiger partial charge in [-0.25, -0.2) is 14.4 Å². The maximum Gasteiger partial charge on any atom is 0.254 e. The molecule has 1 aliphatic rings. The van der Waals surface area contributed by atoms with E-state index >= 15 is 0 Å². The summed E-state index contributed by atoms with van der Waals surface area (Å²) in [5.74, 6) is -0.117. The fourth-order valence-electron chi connectivity index (χ4n) is 2.90. The Hall–Kier alpha value is -2.06. The highest BCUT2D eigenvalue weighted by Gasteiger charge is 2.18. The van der Waals surface area contributed by atoms with Gasteiger partial charge in [-0.15, -0.1) is 0 Å². The topological polar surface area (TPSA) is 61.4 Å². The van der Waals surface area contributed by atoms with Crippen LogP contribution in [0.1, 0.15) is 16.8 Å². The number of anilines is 1. The number of hydrogen-bond acceptors (Lipinski definition) is 5. The molecule has 1 amide bonds. The Kier molecular flexibility index (Phi) is 6.51. The van der Waals surface area contributed by atoms with Gasteiger partial charge < -0.3 is 10.2 Å². The van der Waals surface area contributed by atoms with Gasteiger partial charge in [0.25, 0.3) is 5.91 Å². The monoisotopic (exact) mass is 421 g/mol. The molecule has 8 heteroatoms. The van der Waals surface area contributed by atoms with Crippen molar-refractivity contribution in [2.75, 3.05) is 44.2 Å². The molecule has 1 fully saturated rings. The van der Waals surface area contributed by atoms with Crippen LogP contribution in [0.3, 0.4) is 0 Å². The van der Waals surface area contributed by atoms with Gasteiger partial charge in [-0.3, -0.25) is 9.69 Å². The SMILES string of the molecule is O=C(NCCCN1CCN(c2ncccn2)CC1)c1ccc(Br)cc1F. The Bertz CT molecular complexity index is 738. The molecule has 0 bridgehead atoms. The number of hydrogen-bond donors (Lipinski definition) is 1. The van der Waals surface area contributed by atoms with Crippen LogP contribution in [-0.4, -0.2) is 60.0 Å². The maximum atomic E-state index is 13.8. The van der Waals surface area contributed by atoms with Crippen LogP contribution in [-0.2, 0) is 0 Å². The number of aromatic nitrogens is 2. The predicted octanol–water partition coefficient (Wildman–Crippen LogP) is 2.32. The number of carbonyl (C=O) groups excluding carboxylic acids is 1. The fourth-order valence-corrected chi connectivity index (χ4v) is 3.23. The van der Waals surface area contributed by atoms with Crippen LogP contribution in [0.25, 0.3) is 0 Å². The summed E-state index contributed by atoms with van der Waals surface area (Å²) in [4.78, 5) is 25.1. The van der Waals surface area contributed by atoms with Crippen LogP contribution < -0.4 is 10.2 Å². The van der Waals surface area contributed by atoms with Crippen molar-refractivity contribution in [2.45, 2.75) is 6.42 Å². The first-order valence-corrected chi connectivity index (χ1v) is 9.40. The van der Waals surface area contributed by atoms with Gasteiger partial charge in [0.1, 0.15) is 5.82 Å². The lowest BCUT2D eigenvalue weighted by Crippen LogP contribution is -2.47. The molecule has 138 valence electrons. The van der Waals surface area contributed by atoms with Gasteiger partial charge in [0.2, 0.25) is 5.95 Å². The molecule has 0 aliphatic carbocycles. The third-order valence-electron chi connectivity index (χ3n) is 4.32. The van der Waals surface area contributed by atoms with Gasteiger partial charge in [0.15, 0.2) is 0 Å². The molecule has 2 heterocycles. The molecule has 1 N–H and O–H groups in total. The van der Waals surface area contributed by atoms with Crippen LogP contribution in [0.15, 0.2) is 41.1 Å². The highest BCUT2D eigenvalue weighted by molar-refractivity contribution is 9.10. The lowest BCUT2D eigenvalue weighted by Gasteiger charge is -2.34. The average Bonchev–Trinajstić information content (AvgIpc) is 2.66. The molecule has 0 atom stereocenters. The summed E-state index contributed by atoms with van der Waals surface area (Å²) in [7, 11) is 0. The van der Waals surface area contributed by atoms with E-state index in [0.717, 1.165) is 45.1 Å². The number of carbonyl (C=O) groups is 1. The van der Waals surface area contributed by atoms with E-state index in [2.05, 4.69) is 41.0 Å². The van der Waals surface area contributed by atoms with Gasteiger partial charge in [0.05, 0.1) is 5.56 Å². The summed E-state index contributed by atoms with van der Waals surface area (Å²) in [6.07, 6.45) is 4.34. The van der Waals surface area contributed by atoms with Crippen molar-refractivity contribution in [3.63, 3.8) is 0 Å². The highest BCUT2D eigenvalue weighted by Crippen LogP contribution is 2.15. The standard InChI is InChI=1S/C18H21BrFN5O/c19-14-3-4-15(16(20)13-14)17(26)21-7-2-8-24-9-11-25(12-10-24)18-22-5-1-6-23-18/h1,3-6,13H,2,7-12H2,(H,21,26). The van der Waals surface area contributed by atoms with Crippen molar-refractivity contribution in [3.8, 4) is 0 Å². The molecule has 3 rings (SSSR count). The smallest absolute Gasteiger partial charge is 0.254 e. The number of amides is 1. The Morgan fingerprint density at radius 1 is 1.19 bits per heavy atom. The first-order valence-electron chi connectivity index (χ1n) is 8.61. The summed E-state index contributed by atoms with van der Waals surface area (Å²) >= 11 is 3.18. The van der Waals surface area contributed by atoms with E-state index in [1.54, 1.807) is 18.5 Å². The van der Waals surface area contributed by atoms with Crippen molar-refractivity contribution in [2.24, 2.45) is 0 Å². The van der Waals surface area contributed by atoms with E-state index < -0.39 is 5.82 Å². The third kappa shape index (κ3) is 4.98. The minimum absolute atomic E-state index is 0.0738. The molecule has 0 radical (unpaired) electrons. The number of benzene rings is 1. The number of piperazine rings is 1. The van der Waals surface area contributed by atoms with Gasteiger partial charge in [-0.1, -0.05) is 15.9 Å². The molecule has 6 nitrogen and oxygen atoms in total. The van der Waals surface area contributed by atoms with Crippen molar-refractivity contribution in [3.05, 3.63) is 52.5 Å². The lowest BCUT2D eigenvalue weighted by atomic mass is 10.2. The third-order valence-corrected chi connectivity index (χ3v) is 4.81. The number of nitrogens with one attached hydrogen (secondary N) is 1. The van der Waals surface area contributed by atoms with E-state index in [-0.39, 0.29) is 11.5 Å². The van der Waals surface area contributed by atoms with E-state index in [0.29, 0.717) is 11.0 Å². The zero-order valence-corrected chi connectivity index (χ0v) is 16.0. The first-order chi connectivity index (χ1) is 12.6. The normalized spacial score (nSPS) is 15.1. The molecule has 1 saturated heterocycles. The van der Waals surface area contributed by atoms with Crippen molar-refractivity contribution >= 4 is 27.8 Å². The Balaban J connectivity index is 1.36. The summed E-state index contributed by atoms with van der Waals surface area (Å²) in [5, 5.41) is 2.78. The number of halogens is 2. The van der Waals surface area contributed by atoms with Gasteiger partial charge in [0, 0.05) is 49.6 Å². The summed E-state index contributed by atoms with van der Waals surface area (Å²) < 4.78 is 14.4. The summed E-state index contributed by atoms with van der Waals surface area (Å²) in [5.41, 5.74) is 0.0738. The van der Waals surface area contributed by atoms with Crippen LogP contribution >= 0.6 is 15.9 Å². The number of nitrogens with zero attached hydrogens (tertiary/aromatic N) is 4. The molecule has 1 aromatic carbocycles. The van der Waals surface area contributed by atoms with Crippen molar-refractivity contribution < 1.29 is 9.18 Å². The summed E-state index contributed by atoms with van der Waals surface area (Å²) in [6, 6.07) is 6.26. The van der Waals surface area contributed by atoms with Crippen LogP contribution in [0, 0.1) is 5.82 Å². The second-order valence-corrected chi connectivity index (χ2v) is 7.03. The van der Waals surface area contributed by atoms with Gasteiger partial charge in [-0.2, -0.15) is 0 Å². The van der Waals surface area contributed by atoms with E-state index in [9.17, 15) is 9.18 Å². The highest BCUT2D eigenvalue weighted by atomic mass is 79.9. The number of rotatable bonds is 6. The predicted molar refractivity (Wildman–Crippen MR) is 102 cm³/mol. The average molecular weight is 422 g/mol. The van der Waals surface area contributed by atoms with Crippen LogP contribution in [0.5, 0.6) is 0 Å². The molecule has 0 saturated carbocycles. The Morgan fingerprint density at radius 3 is 2.62 bits per heavy atom. The molecule has 1 aromatic heterocycles.